The zero-order chi connectivity index (χ0) is 13.5. The topological polar surface area (TPSA) is 33.2 Å². The Morgan fingerprint density at radius 3 is 2.39 bits per heavy atom. The maximum absolute atomic E-state index is 12.4. The number of hydrogen-bond acceptors (Lipinski definition) is 2. The SMILES string of the molecule is CCCN(CCC)C(=O)c1cc(C(C)C)ccn1. The van der Waals surface area contributed by atoms with Crippen LogP contribution < -0.4 is 0 Å². The summed E-state index contributed by atoms with van der Waals surface area (Å²) >= 11 is 0. The van der Waals surface area contributed by atoms with Gasteiger partial charge >= 0.3 is 0 Å². The second-order valence-corrected chi connectivity index (χ2v) is 4.92. The van der Waals surface area contributed by atoms with Gasteiger partial charge in [-0.1, -0.05) is 27.7 Å². The zero-order valence-corrected chi connectivity index (χ0v) is 11.9. The van der Waals surface area contributed by atoms with Crippen LogP contribution in [0.5, 0.6) is 0 Å². The number of hydrogen-bond donors (Lipinski definition) is 0. The van der Waals surface area contributed by atoms with Gasteiger partial charge in [-0.3, -0.25) is 9.78 Å². The smallest absolute Gasteiger partial charge is 0.272 e. The highest BCUT2D eigenvalue weighted by atomic mass is 16.2. The molecule has 0 aliphatic rings. The first-order valence-corrected chi connectivity index (χ1v) is 6.85. The molecule has 100 valence electrons. The van der Waals surface area contributed by atoms with Crippen LogP contribution in [-0.4, -0.2) is 28.9 Å². The van der Waals surface area contributed by atoms with Gasteiger partial charge in [0, 0.05) is 19.3 Å². The van der Waals surface area contributed by atoms with Crippen LogP contribution in [0.25, 0.3) is 0 Å². The van der Waals surface area contributed by atoms with E-state index in [1.54, 1.807) is 6.20 Å². The average molecular weight is 248 g/mol. The molecule has 0 fully saturated rings. The predicted molar refractivity (Wildman–Crippen MR) is 74.8 cm³/mol. The largest absolute Gasteiger partial charge is 0.337 e. The summed E-state index contributed by atoms with van der Waals surface area (Å²) in [4.78, 5) is 18.5. The third-order valence-corrected chi connectivity index (χ3v) is 2.94. The standard InChI is InChI=1S/C15H24N2O/c1-5-9-17(10-6-2)15(18)14-11-13(12(3)4)7-8-16-14/h7-8,11-12H,5-6,9-10H2,1-4H3. The van der Waals surface area contributed by atoms with Crippen LogP contribution in [-0.2, 0) is 0 Å². The quantitative estimate of drug-likeness (QED) is 0.772. The van der Waals surface area contributed by atoms with E-state index in [4.69, 9.17) is 0 Å². The Bertz CT molecular complexity index is 382. The number of amides is 1. The van der Waals surface area contributed by atoms with Gasteiger partial charge in [0.1, 0.15) is 5.69 Å². The Hall–Kier alpha value is -1.38. The number of rotatable bonds is 6. The molecule has 3 heteroatoms. The van der Waals surface area contributed by atoms with E-state index in [9.17, 15) is 4.79 Å². The molecule has 18 heavy (non-hydrogen) atoms. The van der Waals surface area contributed by atoms with E-state index >= 15 is 0 Å². The summed E-state index contributed by atoms with van der Waals surface area (Å²) in [6.45, 7) is 10.0. The number of pyridine rings is 1. The molecule has 0 spiro atoms. The number of carbonyl (C=O) groups is 1. The Balaban J connectivity index is 2.90. The second kappa shape index (κ2) is 7.14. The fraction of sp³-hybridized carbons (Fsp3) is 0.600. The van der Waals surface area contributed by atoms with E-state index in [1.165, 1.54) is 5.56 Å². The Morgan fingerprint density at radius 1 is 1.28 bits per heavy atom. The fourth-order valence-corrected chi connectivity index (χ4v) is 1.94. The van der Waals surface area contributed by atoms with Gasteiger partial charge in [-0.15, -0.1) is 0 Å². The van der Waals surface area contributed by atoms with Gasteiger partial charge in [0.05, 0.1) is 0 Å². The molecule has 1 heterocycles. The summed E-state index contributed by atoms with van der Waals surface area (Å²) < 4.78 is 0. The monoisotopic (exact) mass is 248 g/mol. The Morgan fingerprint density at radius 2 is 1.89 bits per heavy atom. The lowest BCUT2D eigenvalue weighted by molar-refractivity contribution is 0.0749. The lowest BCUT2D eigenvalue weighted by atomic mass is 10.0. The normalized spacial score (nSPS) is 10.7. The van der Waals surface area contributed by atoms with Gasteiger partial charge in [-0.25, -0.2) is 0 Å². The van der Waals surface area contributed by atoms with Crippen LogP contribution in [0, 0.1) is 0 Å². The van der Waals surface area contributed by atoms with Crippen molar-refractivity contribution in [1.82, 2.24) is 9.88 Å². The van der Waals surface area contributed by atoms with Crippen LogP contribution in [0.15, 0.2) is 18.3 Å². The molecule has 0 unspecified atom stereocenters. The summed E-state index contributed by atoms with van der Waals surface area (Å²) in [5.41, 5.74) is 1.74. The summed E-state index contributed by atoms with van der Waals surface area (Å²) in [6.07, 6.45) is 3.70. The molecule has 0 aliphatic carbocycles. The molecular formula is C15H24N2O. The predicted octanol–water partition coefficient (Wildman–Crippen LogP) is 3.47. The molecule has 3 nitrogen and oxygen atoms in total. The van der Waals surface area contributed by atoms with Crippen LogP contribution >= 0.6 is 0 Å². The molecule has 0 saturated carbocycles. The molecule has 0 atom stereocenters. The first-order chi connectivity index (χ1) is 8.60. The first kappa shape index (κ1) is 14.7. The summed E-state index contributed by atoms with van der Waals surface area (Å²) in [7, 11) is 0. The van der Waals surface area contributed by atoms with Gasteiger partial charge < -0.3 is 4.90 Å². The van der Waals surface area contributed by atoms with Crippen molar-refractivity contribution in [3.05, 3.63) is 29.6 Å². The van der Waals surface area contributed by atoms with Gasteiger partial charge in [-0.2, -0.15) is 0 Å². The third-order valence-electron chi connectivity index (χ3n) is 2.94. The molecule has 0 N–H and O–H groups in total. The van der Waals surface area contributed by atoms with Crippen molar-refractivity contribution in [2.24, 2.45) is 0 Å². The van der Waals surface area contributed by atoms with E-state index in [0.29, 0.717) is 11.6 Å². The third kappa shape index (κ3) is 3.83. The molecule has 0 radical (unpaired) electrons. The van der Waals surface area contributed by atoms with Crippen molar-refractivity contribution < 1.29 is 4.79 Å². The van der Waals surface area contributed by atoms with Gasteiger partial charge in [0.2, 0.25) is 0 Å². The molecule has 0 bridgehead atoms. The van der Waals surface area contributed by atoms with Crippen LogP contribution in [0.4, 0.5) is 0 Å². The highest BCUT2D eigenvalue weighted by Crippen LogP contribution is 2.15. The highest BCUT2D eigenvalue weighted by molar-refractivity contribution is 5.92. The number of carbonyl (C=O) groups excluding carboxylic acids is 1. The Labute approximate surface area is 110 Å². The molecule has 0 saturated heterocycles. The minimum atomic E-state index is 0.0567. The van der Waals surface area contributed by atoms with Gasteiger partial charge in [0.25, 0.3) is 5.91 Å². The average Bonchev–Trinajstić information content (AvgIpc) is 2.38. The maximum Gasteiger partial charge on any atom is 0.272 e. The molecular weight excluding hydrogens is 224 g/mol. The van der Waals surface area contributed by atoms with Gasteiger partial charge in [-0.05, 0) is 36.5 Å². The molecule has 1 aromatic rings. The van der Waals surface area contributed by atoms with E-state index < -0.39 is 0 Å². The van der Waals surface area contributed by atoms with Crippen molar-refractivity contribution in [2.45, 2.75) is 46.5 Å². The Kier molecular flexibility index (Phi) is 5.83. The molecule has 1 rings (SSSR count). The first-order valence-electron chi connectivity index (χ1n) is 6.85. The molecule has 0 aliphatic heterocycles. The van der Waals surface area contributed by atoms with Crippen molar-refractivity contribution in [3.63, 3.8) is 0 Å². The second-order valence-electron chi connectivity index (χ2n) is 4.92. The summed E-state index contributed by atoms with van der Waals surface area (Å²) in [6, 6.07) is 3.90. The maximum atomic E-state index is 12.4. The lowest BCUT2D eigenvalue weighted by Crippen LogP contribution is -2.33. The van der Waals surface area contributed by atoms with E-state index in [0.717, 1.165) is 25.9 Å². The molecule has 1 amide bonds. The zero-order valence-electron chi connectivity index (χ0n) is 11.9. The van der Waals surface area contributed by atoms with Crippen LogP contribution in [0.1, 0.15) is 62.5 Å². The molecule has 1 aromatic heterocycles. The number of aromatic nitrogens is 1. The minimum Gasteiger partial charge on any atom is -0.337 e. The lowest BCUT2D eigenvalue weighted by Gasteiger charge is -2.21. The summed E-state index contributed by atoms with van der Waals surface area (Å²) in [5, 5.41) is 0. The number of nitrogens with zero attached hydrogens (tertiary/aromatic N) is 2. The van der Waals surface area contributed by atoms with Crippen molar-refractivity contribution in [3.8, 4) is 0 Å². The van der Waals surface area contributed by atoms with Crippen molar-refractivity contribution >= 4 is 5.91 Å². The van der Waals surface area contributed by atoms with Crippen LogP contribution in [0.2, 0.25) is 0 Å². The van der Waals surface area contributed by atoms with Crippen LogP contribution in [0.3, 0.4) is 0 Å². The highest BCUT2D eigenvalue weighted by Gasteiger charge is 2.16. The van der Waals surface area contributed by atoms with Crippen molar-refractivity contribution in [1.29, 1.82) is 0 Å². The summed E-state index contributed by atoms with van der Waals surface area (Å²) in [5.74, 6) is 0.478. The minimum absolute atomic E-state index is 0.0567. The molecule has 0 aromatic carbocycles. The van der Waals surface area contributed by atoms with Crippen molar-refractivity contribution in [2.75, 3.05) is 13.1 Å². The van der Waals surface area contributed by atoms with E-state index in [2.05, 4.69) is 32.7 Å². The van der Waals surface area contributed by atoms with Gasteiger partial charge in [0.15, 0.2) is 0 Å². The van der Waals surface area contributed by atoms with E-state index in [-0.39, 0.29) is 5.91 Å². The fourth-order valence-electron chi connectivity index (χ4n) is 1.94. The van der Waals surface area contributed by atoms with E-state index in [1.807, 2.05) is 17.0 Å².